The molecular formula is C31H26O3S2. The average molecular weight is 511 g/mol. The number of hydrogen-bond acceptors (Lipinski definition) is 3. The van der Waals surface area contributed by atoms with Crippen molar-refractivity contribution in [1.82, 2.24) is 0 Å². The second kappa shape index (κ2) is 10.5. The van der Waals surface area contributed by atoms with Crippen molar-refractivity contribution in [2.45, 2.75) is 26.0 Å². The lowest BCUT2D eigenvalue weighted by Gasteiger charge is -2.39. The zero-order chi connectivity index (χ0) is 24.8. The Bertz CT molecular complexity index is 1410. The van der Waals surface area contributed by atoms with Gasteiger partial charge in [-0.15, -0.1) is 0 Å². The summed E-state index contributed by atoms with van der Waals surface area (Å²) in [6, 6.07) is 46.0. The van der Waals surface area contributed by atoms with Crippen LogP contribution in [0.25, 0.3) is 0 Å². The van der Waals surface area contributed by atoms with Crippen molar-refractivity contribution in [3.63, 3.8) is 0 Å². The monoisotopic (exact) mass is 510 g/mol. The van der Waals surface area contributed by atoms with Crippen LogP contribution in [0.3, 0.4) is 0 Å². The van der Waals surface area contributed by atoms with Crippen LogP contribution >= 0.6 is 10.3 Å². The van der Waals surface area contributed by atoms with Crippen molar-refractivity contribution in [3.05, 3.63) is 157 Å². The van der Waals surface area contributed by atoms with E-state index in [4.69, 9.17) is 3.63 Å². The summed E-state index contributed by atoms with van der Waals surface area (Å²) < 4.78 is 34.1. The molecule has 5 rings (SSSR count). The fourth-order valence-electron chi connectivity index (χ4n) is 4.14. The smallest absolute Gasteiger partial charge is 0.203 e. The fraction of sp³-hybridized carbons (Fsp3) is 0.0323. The van der Waals surface area contributed by atoms with Crippen LogP contribution in [0.15, 0.2) is 165 Å². The topological polar surface area (TPSA) is 43.4 Å². The quantitative estimate of drug-likeness (QED) is 0.213. The molecule has 0 saturated carbocycles. The average Bonchev–Trinajstić information content (AvgIpc) is 2.94. The van der Waals surface area contributed by atoms with E-state index in [0.29, 0.717) is 0 Å². The van der Waals surface area contributed by atoms with E-state index in [1.807, 2.05) is 121 Å². The lowest BCUT2D eigenvalue weighted by Crippen LogP contribution is -2.14. The highest BCUT2D eigenvalue weighted by molar-refractivity contribution is 8.33. The van der Waals surface area contributed by atoms with E-state index in [0.717, 1.165) is 26.7 Å². The molecule has 0 N–H and O–H groups in total. The predicted molar refractivity (Wildman–Crippen MR) is 146 cm³/mol. The molecule has 0 radical (unpaired) electrons. The van der Waals surface area contributed by atoms with Crippen LogP contribution in [0.1, 0.15) is 11.1 Å². The molecule has 0 atom stereocenters. The largest absolute Gasteiger partial charge is 0.307 e. The first kappa shape index (κ1) is 24.1. The Hall–Kier alpha value is -3.64. The van der Waals surface area contributed by atoms with Gasteiger partial charge in [-0.2, -0.15) is 8.42 Å². The first-order valence-corrected chi connectivity index (χ1v) is 14.6. The van der Waals surface area contributed by atoms with Crippen molar-refractivity contribution >= 4 is 20.4 Å². The second-order valence-corrected chi connectivity index (χ2v) is 12.8. The summed E-state index contributed by atoms with van der Waals surface area (Å²) >= 11 is 0. The van der Waals surface area contributed by atoms with Gasteiger partial charge in [0.2, 0.25) is 0 Å². The molecule has 0 unspecified atom stereocenters. The molecule has 3 nitrogen and oxygen atoms in total. The molecule has 5 heteroatoms. The van der Waals surface area contributed by atoms with Gasteiger partial charge in [0.25, 0.3) is 0 Å². The van der Waals surface area contributed by atoms with Crippen molar-refractivity contribution in [2.75, 3.05) is 0 Å². The lowest BCUT2D eigenvalue weighted by molar-refractivity contribution is 0.508. The minimum Gasteiger partial charge on any atom is -0.203 e. The summed E-state index contributed by atoms with van der Waals surface area (Å²) in [5, 5.41) is 0. The Morgan fingerprint density at radius 3 is 1.19 bits per heavy atom. The number of rotatable bonds is 8. The van der Waals surface area contributed by atoms with Gasteiger partial charge in [0.05, 0.1) is 4.90 Å². The third kappa shape index (κ3) is 5.00. The first-order valence-electron chi connectivity index (χ1n) is 11.7. The van der Waals surface area contributed by atoms with Gasteiger partial charge in [-0.25, -0.2) is 3.63 Å². The Morgan fingerprint density at radius 1 is 0.417 bits per heavy atom. The van der Waals surface area contributed by atoms with E-state index in [1.54, 1.807) is 12.1 Å². The molecule has 0 heterocycles. The van der Waals surface area contributed by atoms with Crippen LogP contribution in [0.2, 0.25) is 0 Å². The van der Waals surface area contributed by atoms with Gasteiger partial charge >= 0.3 is 10.1 Å². The fourth-order valence-corrected chi connectivity index (χ4v) is 9.38. The Labute approximate surface area is 214 Å². The number of benzene rings is 5. The van der Waals surface area contributed by atoms with Crippen molar-refractivity contribution < 1.29 is 12.0 Å². The molecule has 180 valence electrons. The maximum absolute atomic E-state index is 13.8. The lowest BCUT2D eigenvalue weighted by atomic mass is 10.1. The van der Waals surface area contributed by atoms with Crippen molar-refractivity contribution in [1.29, 1.82) is 0 Å². The highest BCUT2D eigenvalue weighted by atomic mass is 32.3. The summed E-state index contributed by atoms with van der Waals surface area (Å²) in [7, 11) is -6.70. The van der Waals surface area contributed by atoms with Crippen LogP contribution in [-0.4, -0.2) is 8.42 Å². The molecule has 0 aliphatic rings. The summed E-state index contributed by atoms with van der Waals surface area (Å²) in [5.41, 5.74) is 2.21. The summed E-state index contributed by atoms with van der Waals surface area (Å²) in [6.07, 6.45) is 0.731. The van der Waals surface area contributed by atoms with Crippen LogP contribution < -0.4 is 0 Å². The van der Waals surface area contributed by atoms with Gasteiger partial charge < -0.3 is 0 Å². The Kier molecular flexibility index (Phi) is 7.05. The van der Waals surface area contributed by atoms with Gasteiger partial charge in [0.15, 0.2) is 0 Å². The van der Waals surface area contributed by atoms with Gasteiger partial charge in [0, 0.05) is 14.7 Å². The first-order chi connectivity index (χ1) is 17.6. The molecule has 5 aromatic rings. The van der Waals surface area contributed by atoms with E-state index in [1.165, 1.54) is 5.56 Å². The van der Waals surface area contributed by atoms with E-state index in [9.17, 15) is 8.42 Å². The molecule has 0 aromatic heterocycles. The predicted octanol–water partition coefficient (Wildman–Crippen LogP) is 7.88. The highest BCUT2D eigenvalue weighted by Crippen LogP contribution is 2.70. The zero-order valence-corrected chi connectivity index (χ0v) is 21.2. The van der Waals surface area contributed by atoms with E-state index in [2.05, 4.69) is 12.1 Å². The summed E-state index contributed by atoms with van der Waals surface area (Å²) in [4.78, 5) is 2.57. The third-order valence-corrected chi connectivity index (χ3v) is 11.1. The van der Waals surface area contributed by atoms with E-state index >= 15 is 0 Å². The van der Waals surface area contributed by atoms with Gasteiger partial charge in [0.1, 0.15) is 0 Å². The van der Waals surface area contributed by atoms with Gasteiger partial charge in [-0.1, -0.05) is 97.1 Å². The van der Waals surface area contributed by atoms with Crippen LogP contribution in [0, 0.1) is 0 Å². The molecule has 5 aromatic carbocycles. The minimum atomic E-state index is -4.11. The molecule has 0 aliphatic carbocycles. The zero-order valence-electron chi connectivity index (χ0n) is 19.6. The molecule has 0 aliphatic heterocycles. The molecule has 0 bridgehead atoms. The van der Waals surface area contributed by atoms with Crippen LogP contribution in [0.4, 0.5) is 0 Å². The standard InChI is InChI=1S/C31H26O3S2/c32-36(33,31-23-21-27(22-24-31)25-26-13-5-1-6-14-26)34-35(28-15-7-2-8-16-28,29-17-9-3-10-18-29)30-19-11-4-12-20-30/h1-24H,25H2. The summed E-state index contributed by atoms with van der Waals surface area (Å²) in [5.74, 6) is 0. The van der Waals surface area contributed by atoms with Crippen LogP contribution in [-0.2, 0) is 20.2 Å². The number of hydrogen-bond donors (Lipinski definition) is 0. The normalized spacial score (nSPS) is 12.2. The van der Waals surface area contributed by atoms with E-state index < -0.39 is 20.4 Å². The molecule has 0 spiro atoms. The third-order valence-electron chi connectivity index (χ3n) is 5.88. The SMILES string of the molecule is O=S(=O)(OS(c1ccccc1)(c1ccccc1)c1ccccc1)c1ccc(Cc2ccccc2)cc1. The Balaban J connectivity index is 1.59. The minimum absolute atomic E-state index is 0.138. The van der Waals surface area contributed by atoms with E-state index in [-0.39, 0.29) is 4.90 Å². The summed E-state index contributed by atoms with van der Waals surface area (Å²) in [6.45, 7) is 0. The van der Waals surface area contributed by atoms with Gasteiger partial charge in [-0.3, -0.25) is 0 Å². The highest BCUT2D eigenvalue weighted by Gasteiger charge is 2.38. The van der Waals surface area contributed by atoms with Crippen molar-refractivity contribution in [2.24, 2.45) is 0 Å². The second-order valence-electron chi connectivity index (χ2n) is 8.32. The molecule has 36 heavy (non-hydrogen) atoms. The maximum Gasteiger partial charge on any atom is 0.307 e. The maximum atomic E-state index is 13.8. The molecular weight excluding hydrogens is 484 g/mol. The Morgan fingerprint density at radius 2 is 0.778 bits per heavy atom. The molecule has 0 fully saturated rings. The van der Waals surface area contributed by atoms with Crippen molar-refractivity contribution in [3.8, 4) is 0 Å². The van der Waals surface area contributed by atoms with Crippen LogP contribution in [0.5, 0.6) is 0 Å². The van der Waals surface area contributed by atoms with Gasteiger partial charge in [-0.05, 0) is 76.4 Å². The molecule has 0 saturated heterocycles. The molecule has 0 amide bonds.